The summed E-state index contributed by atoms with van der Waals surface area (Å²) in [5.74, 6) is -1.16. The number of hydrogen-bond acceptors (Lipinski definition) is 4. The molecule has 7 heteroatoms. The first-order valence-corrected chi connectivity index (χ1v) is 11.1. The molecule has 0 bridgehead atoms. The number of aromatic carboxylic acids is 1. The molecule has 0 aliphatic carbocycles. The summed E-state index contributed by atoms with van der Waals surface area (Å²) in [6.45, 7) is 0.926. The van der Waals surface area contributed by atoms with E-state index in [0.717, 1.165) is 31.1 Å². The summed E-state index contributed by atoms with van der Waals surface area (Å²) in [4.78, 5) is 16.2. The van der Waals surface area contributed by atoms with Crippen LogP contribution in [-0.2, 0) is 10.0 Å². The number of nitrogens with zero attached hydrogens (tertiary/aromatic N) is 2. The molecule has 1 saturated heterocycles. The molecule has 29 heavy (non-hydrogen) atoms. The summed E-state index contributed by atoms with van der Waals surface area (Å²) in [6, 6.07) is 13.7. The normalized spacial score (nSPS) is 15.9. The number of para-hydroxylation sites is 1. The first-order valence-electron chi connectivity index (χ1n) is 9.69. The van der Waals surface area contributed by atoms with Crippen LogP contribution in [0.5, 0.6) is 0 Å². The van der Waals surface area contributed by atoms with E-state index in [0.29, 0.717) is 29.7 Å². The van der Waals surface area contributed by atoms with Crippen molar-refractivity contribution in [2.45, 2.75) is 30.6 Å². The van der Waals surface area contributed by atoms with Gasteiger partial charge in [-0.05, 0) is 42.7 Å². The van der Waals surface area contributed by atoms with E-state index in [4.69, 9.17) is 0 Å². The smallest absolute Gasteiger partial charge is 0.335 e. The van der Waals surface area contributed by atoms with E-state index in [-0.39, 0.29) is 10.5 Å². The molecule has 1 aliphatic heterocycles. The highest BCUT2D eigenvalue weighted by Gasteiger charge is 2.27. The molecule has 1 aliphatic rings. The van der Waals surface area contributed by atoms with Crippen LogP contribution in [-0.4, -0.2) is 41.9 Å². The number of aromatic nitrogens is 1. The highest BCUT2D eigenvalue weighted by Crippen LogP contribution is 2.31. The van der Waals surface area contributed by atoms with Crippen LogP contribution in [0.1, 0.15) is 36.0 Å². The Bertz CT molecular complexity index is 1160. The Hall–Kier alpha value is -2.77. The Morgan fingerprint density at radius 2 is 1.69 bits per heavy atom. The van der Waals surface area contributed by atoms with Crippen LogP contribution < -0.4 is 0 Å². The van der Waals surface area contributed by atoms with Crippen LogP contribution >= 0.6 is 0 Å². The number of pyridine rings is 1. The van der Waals surface area contributed by atoms with Gasteiger partial charge in [-0.3, -0.25) is 4.98 Å². The van der Waals surface area contributed by atoms with Gasteiger partial charge in [-0.2, -0.15) is 4.31 Å². The van der Waals surface area contributed by atoms with Crippen molar-refractivity contribution in [2.24, 2.45) is 0 Å². The topological polar surface area (TPSA) is 87.6 Å². The summed E-state index contributed by atoms with van der Waals surface area (Å²) in [7, 11) is -3.78. The fourth-order valence-corrected chi connectivity index (χ4v) is 5.38. The Balaban J connectivity index is 1.88. The number of hydrogen-bond donors (Lipinski definition) is 1. The second-order valence-electron chi connectivity index (χ2n) is 7.25. The number of sulfonamides is 1. The largest absolute Gasteiger partial charge is 0.478 e. The quantitative estimate of drug-likeness (QED) is 0.698. The van der Waals surface area contributed by atoms with Crippen molar-refractivity contribution in [3.05, 3.63) is 60.3 Å². The van der Waals surface area contributed by atoms with E-state index in [2.05, 4.69) is 4.98 Å². The van der Waals surface area contributed by atoms with E-state index in [1.165, 1.54) is 16.4 Å². The summed E-state index contributed by atoms with van der Waals surface area (Å²) in [5, 5.41) is 10.5. The molecule has 0 amide bonds. The van der Waals surface area contributed by atoms with Crippen molar-refractivity contribution < 1.29 is 18.3 Å². The van der Waals surface area contributed by atoms with Crippen molar-refractivity contribution in [2.75, 3.05) is 13.1 Å². The molecule has 3 aromatic rings. The Kier molecular flexibility index (Phi) is 5.34. The summed E-state index contributed by atoms with van der Waals surface area (Å²) < 4.78 is 28.0. The van der Waals surface area contributed by atoms with Gasteiger partial charge in [0, 0.05) is 30.2 Å². The number of carboxylic acid groups (broad SMARTS) is 1. The Morgan fingerprint density at radius 1 is 0.966 bits per heavy atom. The zero-order valence-corrected chi connectivity index (χ0v) is 16.7. The molecular weight excluding hydrogens is 388 g/mol. The fourth-order valence-electron chi connectivity index (χ4n) is 3.80. The molecular formula is C22H22N2O4S. The first-order chi connectivity index (χ1) is 14.0. The van der Waals surface area contributed by atoms with Crippen molar-refractivity contribution in [1.29, 1.82) is 0 Å². The van der Waals surface area contributed by atoms with Crippen LogP contribution in [0.3, 0.4) is 0 Å². The van der Waals surface area contributed by atoms with Gasteiger partial charge < -0.3 is 5.11 Å². The minimum atomic E-state index is -3.78. The van der Waals surface area contributed by atoms with Crippen LogP contribution in [0, 0.1) is 0 Å². The predicted molar refractivity (Wildman–Crippen MR) is 111 cm³/mol. The van der Waals surface area contributed by atoms with Crippen LogP contribution in [0.2, 0.25) is 0 Å². The molecule has 6 nitrogen and oxygen atoms in total. The minimum absolute atomic E-state index is 0.0160. The molecule has 4 rings (SSSR count). The zero-order chi connectivity index (χ0) is 20.4. The molecule has 0 unspecified atom stereocenters. The number of fused-ring (bicyclic) bond motifs is 1. The van der Waals surface area contributed by atoms with Gasteiger partial charge in [-0.1, -0.05) is 37.1 Å². The van der Waals surface area contributed by atoms with E-state index < -0.39 is 16.0 Å². The highest BCUT2D eigenvalue weighted by molar-refractivity contribution is 7.89. The molecule has 2 aromatic carbocycles. The number of carboxylic acids is 1. The zero-order valence-electron chi connectivity index (χ0n) is 15.9. The lowest BCUT2D eigenvalue weighted by atomic mass is 10.00. The maximum absolute atomic E-state index is 13.3. The Labute approximate surface area is 169 Å². The number of benzene rings is 2. The molecule has 150 valence electrons. The number of rotatable bonds is 4. The summed E-state index contributed by atoms with van der Waals surface area (Å²) >= 11 is 0. The molecule has 1 N–H and O–H groups in total. The van der Waals surface area contributed by atoms with Gasteiger partial charge in [0.25, 0.3) is 0 Å². The second-order valence-corrected chi connectivity index (χ2v) is 9.19. The van der Waals surface area contributed by atoms with Crippen molar-refractivity contribution >= 4 is 26.9 Å². The van der Waals surface area contributed by atoms with E-state index >= 15 is 0 Å². The Morgan fingerprint density at radius 3 is 2.41 bits per heavy atom. The molecule has 0 radical (unpaired) electrons. The van der Waals surface area contributed by atoms with E-state index in [9.17, 15) is 18.3 Å². The lowest BCUT2D eigenvalue weighted by Gasteiger charge is -2.21. The molecule has 0 saturated carbocycles. The SMILES string of the molecule is O=C(O)c1cc(-c2cccc3cccnc23)cc(S(=O)(=O)N2CCCCCC2)c1. The van der Waals surface area contributed by atoms with Gasteiger partial charge in [-0.25, -0.2) is 13.2 Å². The highest BCUT2D eigenvalue weighted by atomic mass is 32.2. The van der Waals surface area contributed by atoms with Crippen molar-refractivity contribution in [3.63, 3.8) is 0 Å². The maximum Gasteiger partial charge on any atom is 0.335 e. The standard InChI is InChI=1S/C22H22N2O4S/c25-22(26)18-13-17(20-9-5-7-16-8-6-10-23-21(16)20)14-19(15-18)29(27,28)24-11-3-1-2-4-12-24/h5-10,13-15H,1-4,11-12H2,(H,25,26). The second kappa shape index (κ2) is 7.93. The van der Waals surface area contributed by atoms with Gasteiger partial charge in [0.05, 0.1) is 16.0 Å². The first kappa shape index (κ1) is 19.5. The van der Waals surface area contributed by atoms with Crippen LogP contribution in [0.4, 0.5) is 0 Å². The minimum Gasteiger partial charge on any atom is -0.478 e. The van der Waals surface area contributed by atoms with Crippen molar-refractivity contribution in [3.8, 4) is 11.1 Å². The van der Waals surface area contributed by atoms with E-state index in [1.807, 2.05) is 30.3 Å². The van der Waals surface area contributed by atoms with E-state index in [1.54, 1.807) is 12.3 Å². The average Bonchev–Trinajstić information content (AvgIpc) is 3.03. The average molecular weight is 410 g/mol. The summed E-state index contributed by atoms with van der Waals surface area (Å²) in [6.07, 6.45) is 5.32. The molecule has 1 aromatic heterocycles. The van der Waals surface area contributed by atoms with Gasteiger partial charge in [-0.15, -0.1) is 0 Å². The number of carbonyl (C=O) groups is 1. The molecule has 0 atom stereocenters. The third kappa shape index (κ3) is 3.88. The van der Waals surface area contributed by atoms with Crippen molar-refractivity contribution in [1.82, 2.24) is 9.29 Å². The van der Waals surface area contributed by atoms with Crippen LogP contribution in [0.15, 0.2) is 59.6 Å². The molecule has 2 heterocycles. The molecule has 1 fully saturated rings. The van der Waals surface area contributed by atoms with Crippen LogP contribution in [0.25, 0.3) is 22.0 Å². The maximum atomic E-state index is 13.3. The lowest BCUT2D eigenvalue weighted by Crippen LogP contribution is -2.32. The monoisotopic (exact) mass is 410 g/mol. The third-order valence-electron chi connectivity index (χ3n) is 5.30. The van der Waals surface area contributed by atoms with Gasteiger partial charge >= 0.3 is 5.97 Å². The fraction of sp³-hybridized carbons (Fsp3) is 0.273. The van der Waals surface area contributed by atoms with Gasteiger partial charge in [0.15, 0.2) is 0 Å². The van der Waals surface area contributed by atoms with Gasteiger partial charge in [0.1, 0.15) is 0 Å². The lowest BCUT2D eigenvalue weighted by molar-refractivity contribution is 0.0696. The van der Waals surface area contributed by atoms with Gasteiger partial charge in [0.2, 0.25) is 10.0 Å². The molecule has 0 spiro atoms. The third-order valence-corrected chi connectivity index (χ3v) is 7.18. The summed E-state index contributed by atoms with van der Waals surface area (Å²) in [5.41, 5.74) is 1.89. The predicted octanol–water partition coefficient (Wildman–Crippen LogP) is 4.16.